The number of carbonyl (C=O) groups excluding carboxylic acids is 1. The lowest BCUT2D eigenvalue weighted by Crippen LogP contribution is -2.41. The van der Waals surface area contributed by atoms with Gasteiger partial charge in [-0.15, -0.1) is 0 Å². The number of carbonyl (C=O) groups is 1. The van der Waals surface area contributed by atoms with E-state index in [1.54, 1.807) is 0 Å². The summed E-state index contributed by atoms with van der Waals surface area (Å²) in [5.41, 5.74) is 3.15. The molecule has 0 bridgehead atoms. The van der Waals surface area contributed by atoms with Crippen molar-refractivity contribution in [3.63, 3.8) is 0 Å². The van der Waals surface area contributed by atoms with Crippen molar-refractivity contribution in [2.75, 3.05) is 39.3 Å². The molecule has 146 valence electrons. The molecule has 1 amide bonds. The van der Waals surface area contributed by atoms with Gasteiger partial charge in [0, 0.05) is 50.5 Å². The molecule has 0 unspecified atom stereocenters. The second kappa shape index (κ2) is 9.00. The summed E-state index contributed by atoms with van der Waals surface area (Å²) in [6.07, 6.45) is 6.54. The molecule has 0 saturated carbocycles. The molecule has 0 aromatic carbocycles. The van der Waals surface area contributed by atoms with E-state index in [1.807, 2.05) is 16.6 Å². The van der Waals surface area contributed by atoms with Crippen molar-refractivity contribution in [1.29, 1.82) is 0 Å². The van der Waals surface area contributed by atoms with Crippen LogP contribution in [-0.2, 0) is 19.9 Å². The van der Waals surface area contributed by atoms with Gasteiger partial charge in [-0.1, -0.05) is 13.8 Å². The van der Waals surface area contributed by atoms with Gasteiger partial charge in [-0.25, -0.2) is 0 Å². The number of aromatic nitrogens is 2. The van der Waals surface area contributed by atoms with E-state index < -0.39 is 0 Å². The average Bonchev–Trinajstić information content (AvgIpc) is 3.01. The van der Waals surface area contributed by atoms with Crippen LogP contribution in [0.4, 0.5) is 0 Å². The highest BCUT2D eigenvalue weighted by atomic mass is 16.2. The molecule has 1 fully saturated rings. The first-order chi connectivity index (χ1) is 12.6. The topological polar surface area (TPSA) is 53.4 Å². The van der Waals surface area contributed by atoms with Crippen LogP contribution in [0.25, 0.3) is 0 Å². The largest absolute Gasteiger partial charge is 0.337 e. The molecule has 6 nitrogen and oxygen atoms in total. The summed E-state index contributed by atoms with van der Waals surface area (Å²) >= 11 is 0. The second-order valence-electron chi connectivity index (χ2n) is 7.67. The maximum Gasteiger partial charge on any atom is 0.274 e. The summed E-state index contributed by atoms with van der Waals surface area (Å²) < 4.78 is 1.94. The average molecular weight is 362 g/mol. The van der Waals surface area contributed by atoms with Gasteiger partial charge in [0.05, 0.1) is 0 Å². The van der Waals surface area contributed by atoms with Crippen LogP contribution in [0.5, 0.6) is 0 Å². The molecule has 0 spiro atoms. The van der Waals surface area contributed by atoms with Crippen LogP contribution in [0.1, 0.15) is 61.3 Å². The number of nitrogens with one attached hydrogen (secondary N) is 1. The standard InChI is InChI=1S/C20H35N5O/c1-4-24(5-2)14-11-21-16-9-10-18-17(15-16)19(22-23(18)3)20(26)25-12-7-6-8-13-25/h16,21H,4-15H2,1-3H3/t16-/m0/s1. The fourth-order valence-electron chi connectivity index (χ4n) is 4.35. The first-order valence-electron chi connectivity index (χ1n) is 10.4. The van der Waals surface area contributed by atoms with E-state index in [9.17, 15) is 4.79 Å². The third-order valence-corrected chi connectivity index (χ3v) is 6.06. The van der Waals surface area contributed by atoms with E-state index in [4.69, 9.17) is 0 Å². The Kier molecular flexibility index (Phi) is 6.70. The Morgan fingerprint density at radius 3 is 2.65 bits per heavy atom. The molecule has 6 heteroatoms. The number of hydrogen-bond donors (Lipinski definition) is 1. The molecule has 1 aromatic heterocycles. The smallest absolute Gasteiger partial charge is 0.274 e. The zero-order valence-electron chi connectivity index (χ0n) is 16.8. The molecule has 1 N–H and O–H groups in total. The first kappa shape index (κ1) is 19.4. The minimum Gasteiger partial charge on any atom is -0.337 e. The summed E-state index contributed by atoms with van der Waals surface area (Å²) in [7, 11) is 1.99. The van der Waals surface area contributed by atoms with Crippen molar-refractivity contribution in [2.45, 2.75) is 58.4 Å². The lowest BCUT2D eigenvalue weighted by atomic mass is 9.91. The summed E-state index contributed by atoms with van der Waals surface area (Å²) in [4.78, 5) is 17.4. The van der Waals surface area contributed by atoms with Gasteiger partial charge in [0.1, 0.15) is 0 Å². The Morgan fingerprint density at radius 2 is 1.96 bits per heavy atom. The number of fused-ring (bicyclic) bond motifs is 1. The highest BCUT2D eigenvalue weighted by Crippen LogP contribution is 2.26. The van der Waals surface area contributed by atoms with Crippen molar-refractivity contribution < 1.29 is 4.79 Å². The highest BCUT2D eigenvalue weighted by Gasteiger charge is 2.30. The summed E-state index contributed by atoms with van der Waals surface area (Å²) in [5.74, 6) is 0.144. The Bertz CT molecular complexity index is 602. The number of likely N-dealkylation sites (N-methyl/N-ethyl adjacent to an activating group) is 1. The van der Waals surface area contributed by atoms with Crippen LogP contribution < -0.4 is 5.32 Å². The maximum absolute atomic E-state index is 13.0. The molecule has 0 radical (unpaired) electrons. The quantitative estimate of drug-likeness (QED) is 0.805. The second-order valence-corrected chi connectivity index (χ2v) is 7.67. The van der Waals surface area contributed by atoms with Crippen LogP contribution in [-0.4, -0.2) is 70.8 Å². The van der Waals surface area contributed by atoms with Crippen LogP contribution in [0.15, 0.2) is 0 Å². The number of hydrogen-bond acceptors (Lipinski definition) is 4. The molecule has 1 saturated heterocycles. The number of amides is 1. The minimum atomic E-state index is 0.144. The highest BCUT2D eigenvalue weighted by molar-refractivity contribution is 5.94. The van der Waals surface area contributed by atoms with E-state index in [0.717, 1.165) is 71.4 Å². The van der Waals surface area contributed by atoms with Gasteiger partial charge in [0.25, 0.3) is 5.91 Å². The molecular weight excluding hydrogens is 326 g/mol. The van der Waals surface area contributed by atoms with E-state index in [1.165, 1.54) is 17.7 Å². The van der Waals surface area contributed by atoms with Gasteiger partial charge in [0.2, 0.25) is 0 Å². The van der Waals surface area contributed by atoms with Crippen LogP contribution in [0.2, 0.25) is 0 Å². The molecule has 1 aliphatic heterocycles. The molecule has 1 atom stereocenters. The Hall–Kier alpha value is -1.40. The van der Waals surface area contributed by atoms with Crippen molar-refractivity contribution in [3.05, 3.63) is 17.0 Å². The fraction of sp³-hybridized carbons (Fsp3) is 0.800. The zero-order valence-corrected chi connectivity index (χ0v) is 16.8. The Labute approximate surface area is 157 Å². The maximum atomic E-state index is 13.0. The monoisotopic (exact) mass is 361 g/mol. The number of nitrogens with zero attached hydrogens (tertiary/aromatic N) is 4. The van der Waals surface area contributed by atoms with E-state index >= 15 is 0 Å². The molecule has 1 aromatic rings. The molecule has 26 heavy (non-hydrogen) atoms. The van der Waals surface area contributed by atoms with Gasteiger partial charge < -0.3 is 15.1 Å². The fourth-order valence-corrected chi connectivity index (χ4v) is 4.35. The predicted molar refractivity (Wildman–Crippen MR) is 105 cm³/mol. The zero-order chi connectivity index (χ0) is 18.5. The predicted octanol–water partition coefficient (Wildman–Crippen LogP) is 1.83. The molecule has 2 heterocycles. The van der Waals surface area contributed by atoms with E-state index in [-0.39, 0.29) is 5.91 Å². The van der Waals surface area contributed by atoms with Crippen molar-refractivity contribution in [1.82, 2.24) is 24.9 Å². The van der Waals surface area contributed by atoms with E-state index in [2.05, 4.69) is 29.2 Å². The van der Waals surface area contributed by atoms with Gasteiger partial charge in [-0.05, 0) is 51.6 Å². The molecular formula is C20H35N5O. The Morgan fingerprint density at radius 1 is 1.23 bits per heavy atom. The number of piperidine rings is 1. The first-order valence-corrected chi connectivity index (χ1v) is 10.4. The van der Waals surface area contributed by atoms with Crippen LogP contribution in [0, 0.1) is 0 Å². The van der Waals surface area contributed by atoms with Crippen molar-refractivity contribution >= 4 is 5.91 Å². The van der Waals surface area contributed by atoms with E-state index in [0.29, 0.717) is 11.7 Å². The number of rotatable bonds is 7. The van der Waals surface area contributed by atoms with Gasteiger partial charge in [0.15, 0.2) is 5.69 Å². The SMILES string of the molecule is CCN(CC)CCN[C@H]1CCc2c(c(C(=O)N3CCCCC3)nn2C)C1. The summed E-state index contributed by atoms with van der Waals surface area (Å²) in [6.45, 7) is 10.5. The van der Waals surface area contributed by atoms with Crippen LogP contribution in [0.3, 0.4) is 0 Å². The van der Waals surface area contributed by atoms with Crippen molar-refractivity contribution in [2.24, 2.45) is 7.05 Å². The van der Waals surface area contributed by atoms with Gasteiger partial charge in [-0.3, -0.25) is 9.48 Å². The lowest BCUT2D eigenvalue weighted by Gasteiger charge is -2.28. The lowest BCUT2D eigenvalue weighted by molar-refractivity contribution is 0.0716. The number of aryl methyl sites for hydroxylation is 1. The molecule has 1 aliphatic carbocycles. The van der Waals surface area contributed by atoms with Gasteiger partial charge in [-0.2, -0.15) is 5.10 Å². The third-order valence-electron chi connectivity index (χ3n) is 6.06. The van der Waals surface area contributed by atoms with Crippen molar-refractivity contribution in [3.8, 4) is 0 Å². The normalized spacial score (nSPS) is 20.5. The van der Waals surface area contributed by atoms with Crippen LogP contribution >= 0.6 is 0 Å². The Balaban J connectivity index is 1.64. The number of likely N-dealkylation sites (tertiary alicyclic amines) is 1. The minimum absolute atomic E-state index is 0.144. The summed E-state index contributed by atoms with van der Waals surface area (Å²) in [6, 6.07) is 0.454. The molecule has 2 aliphatic rings. The summed E-state index contributed by atoms with van der Waals surface area (Å²) in [5, 5.41) is 8.34. The molecule has 3 rings (SSSR count). The third kappa shape index (κ3) is 4.29. The van der Waals surface area contributed by atoms with Gasteiger partial charge >= 0.3 is 0 Å².